The molecule has 3 rings (SSSR count). The normalized spacial score (nSPS) is 23.7. The molecule has 114 valence electrons. The van der Waals surface area contributed by atoms with Crippen LogP contribution in [-0.2, 0) is 9.53 Å². The van der Waals surface area contributed by atoms with Gasteiger partial charge < -0.3 is 14.7 Å². The fraction of sp³-hybridized carbons (Fsp3) is 0.533. The van der Waals surface area contributed by atoms with E-state index in [1.165, 1.54) is 0 Å². The maximum absolute atomic E-state index is 12.1. The zero-order chi connectivity index (χ0) is 14.7. The Morgan fingerprint density at radius 1 is 1.19 bits per heavy atom. The van der Waals surface area contributed by atoms with Crippen molar-refractivity contribution in [1.29, 1.82) is 0 Å². The summed E-state index contributed by atoms with van der Waals surface area (Å²) in [7, 11) is 0. The predicted octanol–water partition coefficient (Wildman–Crippen LogP) is 1.30. The standard InChI is InChI=1S/C15H20N2O3S/c18-13-3-1-12(2-4-13)15-17(14(19)11-21-15)6-5-16-7-9-20-10-8-16/h1-4,15,18H,5-11H2. The van der Waals surface area contributed by atoms with Crippen LogP contribution in [0.15, 0.2) is 24.3 Å². The third kappa shape index (κ3) is 3.51. The number of carbonyl (C=O) groups is 1. The maximum atomic E-state index is 12.1. The average Bonchev–Trinajstić information content (AvgIpc) is 2.88. The third-order valence-electron chi connectivity index (χ3n) is 3.91. The molecule has 1 N–H and O–H groups in total. The van der Waals surface area contributed by atoms with E-state index in [4.69, 9.17) is 4.74 Å². The van der Waals surface area contributed by atoms with E-state index >= 15 is 0 Å². The van der Waals surface area contributed by atoms with Crippen LogP contribution in [0.5, 0.6) is 5.75 Å². The first-order valence-electron chi connectivity index (χ1n) is 7.24. The van der Waals surface area contributed by atoms with Crippen LogP contribution in [0, 0.1) is 0 Å². The number of thioether (sulfide) groups is 1. The Kier molecular flexibility index (Phi) is 4.67. The van der Waals surface area contributed by atoms with Crippen molar-refractivity contribution in [1.82, 2.24) is 9.80 Å². The minimum absolute atomic E-state index is 0.0686. The summed E-state index contributed by atoms with van der Waals surface area (Å²) < 4.78 is 5.34. The molecule has 21 heavy (non-hydrogen) atoms. The van der Waals surface area contributed by atoms with Crippen LogP contribution in [0.25, 0.3) is 0 Å². The number of phenols is 1. The molecule has 0 aliphatic carbocycles. The lowest BCUT2D eigenvalue weighted by atomic mass is 10.2. The van der Waals surface area contributed by atoms with Gasteiger partial charge in [-0.15, -0.1) is 11.8 Å². The molecule has 2 saturated heterocycles. The lowest BCUT2D eigenvalue weighted by molar-refractivity contribution is -0.128. The lowest BCUT2D eigenvalue weighted by Gasteiger charge is -2.30. The van der Waals surface area contributed by atoms with Gasteiger partial charge in [-0.05, 0) is 17.7 Å². The Morgan fingerprint density at radius 3 is 2.62 bits per heavy atom. The summed E-state index contributed by atoms with van der Waals surface area (Å²) in [5, 5.41) is 9.45. The summed E-state index contributed by atoms with van der Waals surface area (Å²) in [5.41, 5.74) is 1.07. The summed E-state index contributed by atoms with van der Waals surface area (Å²) in [4.78, 5) is 16.4. The van der Waals surface area contributed by atoms with Crippen molar-refractivity contribution in [3.63, 3.8) is 0 Å². The highest BCUT2D eigenvalue weighted by Crippen LogP contribution is 2.38. The van der Waals surface area contributed by atoms with Gasteiger partial charge in [-0.25, -0.2) is 0 Å². The van der Waals surface area contributed by atoms with E-state index in [0.29, 0.717) is 5.75 Å². The number of hydrogen-bond donors (Lipinski definition) is 1. The minimum atomic E-state index is 0.0686. The second-order valence-electron chi connectivity index (χ2n) is 5.30. The van der Waals surface area contributed by atoms with Crippen molar-refractivity contribution < 1.29 is 14.6 Å². The van der Waals surface area contributed by atoms with E-state index in [1.807, 2.05) is 17.0 Å². The summed E-state index contributed by atoms with van der Waals surface area (Å²) in [6, 6.07) is 7.15. The van der Waals surface area contributed by atoms with Crippen LogP contribution >= 0.6 is 11.8 Å². The molecular formula is C15H20N2O3S. The molecule has 1 amide bonds. The summed E-state index contributed by atoms with van der Waals surface area (Å²) >= 11 is 1.66. The van der Waals surface area contributed by atoms with Gasteiger partial charge in [0, 0.05) is 26.2 Å². The smallest absolute Gasteiger partial charge is 0.233 e. The number of aromatic hydroxyl groups is 1. The number of morpholine rings is 1. The molecular weight excluding hydrogens is 288 g/mol. The summed E-state index contributed by atoms with van der Waals surface area (Å²) in [6.07, 6.45) is 0. The Balaban J connectivity index is 1.63. The van der Waals surface area contributed by atoms with Gasteiger partial charge in [-0.2, -0.15) is 0 Å². The van der Waals surface area contributed by atoms with Crippen LogP contribution < -0.4 is 0 Å². The molecule has 1 atom stereocenters. The molecule has 0 spiro atoms. The number of benzene rings is 1. The summed E-state index contributed by atoms with van der Waals surface area (Å²) in [5.74, 6) is 0.994. The van der Waals surface area contributed by atoms with E-state index in [0.717, 1.165) is 45.0 Å². The molecule has 2 fully saturated rings. The van der Waals surface area contributed by atoms with E-state index in [1.54, 1.807) is 23.9 Å². The Morgan fingerprint density at radius 2 is 1.90 bits per heavy atom. The quantitative estimate of drug-likeness (QED) is 0.908. The Labute approximate surface area is 128 Å². The van der Waals surface area contributed by atoms with Crippen molar-refractivity contribution >= 4 is 17.7 Å². The zero-order valence-electron chi connectivity index (χ0n) is 11.9. The fourth-order valence-electron chi connectivity index (χ4n) is 2.68. The topological polar surface area (TPSA) is 53.0 Å². The molecule has 0 saturated carbocycles. The zero-order valence-corrected chi connectivity index (χ0v) is 12.7. The molecule has 2 heterocycles. The number of ether oxygens (including phenoxy) is 1. The number of rotatable bonds is 4. The van der Waals surface area contributed by atoms with Gasteiger partial charge in [0.05, 0.1) is 19.0 Å². The van der Waals surface area contributed by atoms with Crippen molar-refractivity contribution in [2.24, 2.45) is 0 Å². The minimum Gasteiger partial charge on any atom is -0.508 e. The second-order valence-corrected chi connectivity index (χ2v) is 6.36. The Hall–Kier alpha value is -1.24. The summed E-state index contributed by atoms with van der Waals surface area (Å²) in [6.45, 7) is 5.09. The Bertz CT molecular complexity index is 488. The first kappa shape index (κ1) is 14.7. The first-order chi connectivity index (χ1) is 10.2. The number of hydrogen-bond acceptors (Lipinski definition) is 5. The predicted molar refractivity (Wildman–Crippen MR) is 82.3 cm³/mol. The van der Waals surface area contributed by atoms with Gasteiger partial charge in [0.15, 0.2) is 0 Å². The molecule has 0 radical (unpaired) electrons. The van der Waals surface area contributed by atoms with Crippen molar-refractivity contribution in [2.45, 2.75) is 5.37 Å². The van der Waals surface area contributed by atoms with Crippen molar-refractivity contribution in [3.8, 4) is 5.75 Å². The van der Waals surface area contributed by atoms with E-state index in [9.17, 15) is 9.90 Å². The largest absolute Gasteiger partial charge is 0.508 e. The van der Waals surface area contributed by atoms with Gasteiger partial charge in [0.1, 0.15) is 11.1 Å². The molecule has 0 bridgehead atoms. The SMILES string of the molecule is O=C1CSC(c2ccc(O)cc2)N1CCN1CCOCC1. The van der Waals surface area contributed by atoms with Gasteiger partial charge in [-0.3, -0.25) is 9.69 Å². The van der Waals surface area contributed by atoms with Crippen LogP contribution in [0.4, 0.5) is 0 Å². The molecule has 5 nitrogen and oxygen atoms in total. The lowest BCUT2D eigenvalue weighted by Crippen LogP contribution is -2.42. The highest BCUT2D eigenvalue weighted by Gasteiger charge is 2.32. The van der Waals surface area contributed by atoms with Crippen LogP contribution in [-0.4, -0.2) is 66.0 Å². The number of phenolic OH excluding ortho intramolecular Hbond substituents is 1. The highest BCUT2D eigenvalue weighted by atomic mass is 32.2. The van der Waals surface area contributed by atoms with E-state index < -0.39 is 0 Å². The first-order valence-corrected chi connectivity index (χ1v) is 8.29. The third-order valence-corrected chi connectivity index (χ3v) is 5.16. The molecule has 0 aromatic heterocycles. The van der Waals surface area contributed by atoms with E-state index in [2.05, 4.69) is 4.90 Å². The van der Waals surface area contributed by atoms with Gasteiger partial charge in [-0.1, -0.05) is 12.1 Å². The maximum Gasteiger partial charge on any atom is 0.233 e. The number of amides is 1. The van der Waals surface area contributed by atoms with Gasteiger partial charge >= 0.3 is 0 Å². The fourth-order valence-corrected chi connectivity index (χ4v) is 3.90. The van der Waals surface area contributed by atoms with Gasteiger partial charge in [0.25, 0.3) is 0 Å². The van der Waals surface area contributed by atoms with Crippen molar-refractivity contribution in [2.75, 3.05) is 45.1 Å². The van der Waals surface area contributed by atoms with Crippen LogP contribution in [0.1, 0.15) is 10.9 Å². The van der Waals surface area contributed by atoms with E-state index in [-0.39, 0.29) is 17.0 Å². The van der Waals surface area contributed by atoms with Crippen molar-refractivity contribution in [3.05, 3.63) is 29.8 Å². The number of carbonyl (C=O) groups excluding carboxylic acids is 1. The molecule has 1 aromatic carbocycles. The molecule has 1 aromatic rings. The number of nitrogens with zero attached hydrogens (tertiary/aromatic N) is 2. The average molecular weight is 308 g/mol. The highest BCUT2D eigenvalue weighted by molar-refractivity contribution is 8.00. The van der Waals surface area contributed by atoms with Gasteiger partial charge in [0.2, 0.25) is 5.91 Å². The molecule has 2 aliphatic rings. The van der Waals surface area contributed by atoms with Crippen LogP contribution in [0.3, 0.4) is 0 Å². The monoisotopic (exact) mass is 308 g/mol. The van der Waals surface area contributed by atoms with Crippen LogP contribution in [0.2, 0.25) is 0 Å². The molecule has 2 aliphatic heterocycles. The molecule has 1 unspecified atom stereocenters. The second kappa shape index (κ2) is 6.68. The molecule has 6 heteroatoms.